The van der Waals surface area contributed by atoms with E-state index in [0.29, 0.717) is 0 Å². The van der Waals surface area contributed by atoms with Gasteiger partial charge in [-0.15, -0.1) is 0 Å². The molecule has 2 rings (SSSR count). The number of aryl methyl sites for hydroxylation is 1. The third kappa shape index (κ3) is 3.22. The molecule has 1 fully saturated rings. The molecule has 0 heterocycles. The molecular weight excluding hydrogens is 212 g/mol. The van der Waals surface area contributed by atoms with Crippen LogP contribution in [0.2, 0.25) is 0 Å². The van der Waals surface area contributed by atoms with E-state index in [1.165, 1.54) is 12.8 Å². The van der Waals surface area contributed by atoms with Crippen molar-refractivity contribution in [3.63, 3.8) is 0 Å². The van der Waals surface area contributed by atoms with Crippen molar-refractivity contribution in [3.8, 4) is 0 Å². The van der Waals surface area contributed by atoms with E-state index in [1.54, 1.807) is 0 Å². The first kappa shape index (κ1) is 12.0. The first-order valence-electron chi connectivity index (χ1n) is 6.33. The highest BCUT2D eigenvalue weighted by Gasteiger charge is 2.22. The molecule has 3 nitrogen and oxygen atoms in total. The van der Waals surface area contributed by atoms with Crippen molar-refractivity contribution in [2.75, 3.05) is 18.4 Å². The normalized spacial score (nSPS) is 14.5. The highest BCUT2D eigenvalue weighted by atomic mass is 16.1. The third-order valence-electron chi connectivity index (χ3n) is 3.10. The van der Waals surface area contributed by atoms with E-state index in [0.717, 1.165) is 35.8 Å². The van der Waals surface area contributed by atoms with Gasteiger partial charge in [-0.2, -0.15) is 0 Å². The molecule has 0 radical (unpaired) electrons. The van der Waals surface area contributed by atoms with Gasteiger partial charge in [0.1, 0.15) is 0 Å². The van der Waals surface area contributed by atoms with Gasteiger partial charge in [0.25, 0.3) is 5.91 Å². The van der Waals surface area contributed by atoms with E-state index in [4.69, 9.17) is 0 Å². The summed E-state index contributed by atoms with van der Waals surface area (Å²) < 4.78 is 0. The van der Waals surface area contributed by atoms with Crippen LogP contribution in [0.1, 0.15) is 35.7 Å². The molecule has 1 saturated carbocycles. The molecule has 1 aromatic carbocycles. The Bertz CT molecular complexity index is 411. The van der Waals surface area contributed by atoms with Gasteiger partial charge < -0.3 is 10.6 Å². The predicted molar refractivity (Wildman–Crippen MR) is 70.4 cm³/mol. The second-order valence-electron chi connectivity index (χ2n) is 4.71. The minimum atomic E-state index is 0.0532. The van der Waals surface area contributed by atoms with Crippen molar-refractivity contribution in [2.45, 2.75) is 26.7 Å². The lowest BCUT2D eigenvalue weighted by Gasteiger charge is -2.09. The molecule has 0 aliphatic heterocycles. The van der Waals surface area contributed by atoms with Crippen molar-refractivity contribution in [1.29, 1.82) is 0 Å². The first-order valence-corrected chi connectivity index (χ1v) is 6.33. The second-order valence-corrected chi connectivity index (χ2v) is 4.71. The van der Waals surface area contributed by atoms with Crippen LogP contribution in [0.4, 0.5) is 5.69 Å². The average Bonchev–Trinajstić information content (AvgIpc) is 3.10. The summed E-state index contributed by atoms with van der Waals surface area (Å²) in [5.74, 6) is 0.776. The Labute approximate surface area is 103 Å². The van der Waals surface area contributed by atoms with Crippen molar-refractivity contribution >= 4 is 11.6 Å². The van der Waals surface area contributed by atoms with Crippen LogP contribution in [0.15, 0.2) is 18.2 Å². The fourth-order valence-corrected chi connectivity index (χ4v) is 1.89. The van der Waals surface area contributed by atoms with Crippen LogP contribution in [-0.2, 0) is 0 Å². The number of rotatable bonds is 5. The number of anilines is 1. The number of carbonyl (C=O) groups is 1. The van der Waals surface area contributed by atoms with Crippen LogP contribution in [0, 0.1) is 12.8 Å². The van der Waals surface area contributed by atoms with E-state index in [2.05, 4.69) is 17.6 Å². The molecule has 0 atom stereocenters. The van der Waals surface area contributed by atoms with Gasteiger partial charge in [-0.05, 0) is 56.4 Å². The van der Waals surface area contributed by atoms with Crippen LogP contribution in [0.25, 0.3) is 0 Å². The van der Waals surface area contributed by atoms with Gasteiger partial charge in [-0.25, -0.2) is 0 Å². The van der Waals surface area contributed by atoms with Crippen LogP contribution in [-0.4, -0.2) is 19.0 Å². The highest BCUT2D eigenvalue weighted by Crippen LogP contribution is 2.27. The number of amides is 1. The lowest BCUT2D eigenvalue weighted by Crippen LogP contribution is -2.26. The summed E-state index contributed by atoms with van der Waals surface area (Å²) in [4.78, 5) is 11.9. The standard InChI is InChI=1S/C14H20N2O/c1-3-15-12-6-7-13(10(2)8-12)14(17)16-9-11-4-5-11/h6-8,11,15H,3-5,9H2,1-2H3,(H,16,17). The zero-order valence-electron chi connectivity index (χ0n) is 10.5. The predicted octanol–water partition coefficient (Wildman–Crippen LogP) is 2.57. The van der Waals surface area contributed by atoms with Crippen LogP contribution < -0.4 is 10.6 Å². The quantitative estimate of drug-likeness (QED) is 0.819. The fraction of sp³-hybridized carbons (Fsp3) is 0.500. The van der Waals surface area contributed by atoms with Gasteiger partial charge in [0.2, 0.25) is 0 Å². The fourth-order valence-electron chi connectivity index (χ4n) is 1.89. The van der Waals surface area contributed by atoms with Crippen LogP contribution >= 0.6 is 0 Å². The number of hydrogen-bond acceptors (Lipinski definition) is 2. The van der Waals surface area contributed by atoms with Gasteiger partial charge in [0, 0.05) is 24.3 Å². The number of carbonyl (C=O) groups excluding carboxylic acids is 1. The summed E-state index contributed by atoms with van der Waals surface area (Å²) in [6.07, 6.45) is 2.53. The highest BCUT2D eigenvalue weighted by molar-refractivity contribution is 5.96. The molecule has 0 unspecified atom stereocenters. The van der Waals surface area contributed by atoms with E-state index < -0.39 is 0 Å². The summed E-state index contributed by atoms with van der Waals surface area (Å²) in [5.41, 5.74) is 2.88. The second kappa shape index (κ2) is 5.21. The minimum Gasteiger partial charge on any atom is -0.385 e. The smallest absolute Gasteiger partial charge is 0.251 e. The topological polar surface area (TPSA) is 41.1 Å². The van der Waals surface area contributed by atoms with Crippen molar-refractivity contribution in [1.82, 2.24) is 5.32 Å². The van der Waals surface area contributed by atoms with Gasteiger partial charge >= 0.3 is 0 Å². The number of hydrogen-bond donors (Lipinski definition) is 2. The molecular formula is C14H20N2O. The van der Waals surface area contributed by atoms with E-state index in [1.807, 2.05) is 25.1 Å². The zero-order chi connectivity index (χ0) is 12.3. The molecule has 3 heteroatoms. The average molecular weight is 232 g/mol. The maximum Gasteiger partial charge on any atom is 0.251 e. The SMILES string of the molecule is CCNc1ccc(C(=O)NCC2CC2)c(C)c1. The third-order valence-corrected chi connectivity index (χ3v) is 3.10. The zero-order valence-corrected chi connectivity index (χ0v) is 10.5. The van der Waals surface area contributed by atoms with Crippen molar-refractivity contribution in [3.05, 3.63) is 29.3 Å². The largest absolute Gasteiger partial charge is 0.385 e. The Morgan fingerprint density at radius 3 is 2.76 bits per heavy atom. The minimum absolute atomic E-state index is 0.0532. The monoisotopic (exact) mass is 232 g/mol. The van der Waals surface area contributed by atoms with E-state index in [-0.39, 0.29) is 5.91 Å². The molecule has 1 amide bonds. The number of benzene rings is 1. The molecule has 1 aromatic rings. The summed E-state index contributed by atoms with van der Waals surface area (Å²) >= 11 is 0. The summed E-state index contributed by atoms with van der Waals surface area (Å²) in [7, 11) is 0. The summed E-state index contributed by atoms with van der Waals surface area (Å²) in [5, 5.41) is 6.24. The summed E-state index contributed by atoms with van der Waals surface area (Å²) in [6, 6.07) is 5.88. The van der Waals surface area contributed by atoms with Crippen molar-refractivity contribution in [2.24, 2.45) is 5.92 Å². The van der Waals surface area contributed by atoms with E-state index in [9.17, 15) is 4.79 Å². The maximum atomic E-state index is 11.9. The maximum absolute atomic E-state index is 11.9. The van der Waals surface area contributed by atoms with Gasteiger partial charge in [0.05, 0.1) is 0 Å². The molecule has 0 saturated heterocycles. The van der Waals surface area contributed by atoms with Gasteiger partial charge in [-0.1, -0.05) is 0 Å². The molecule has 17 heavy (non-hydrogen) atoms. The Hall–Kier alpha value is -1.51. The molecule has 1 aliphatic rings. The Morgan fingerprint density at radius 2 is 2.18 bits per heavy atom. The molecule has 92 valence electrons. The molecule has 0 spiro atoms. The lowest BCUT2D eigenvalue weighted by molar-refractivity contribution is 0.0951. The lowest BCUT2D eigenvalue weighted by atomic mass is 10.1. The molecule has 0 aromatic heterocycles. The van der Waals surface area contributed by atoms with Crippen molar-refractivity contribution < 1.29 is 4.79 Å². The summed E-state index contributed by atoms with van der Waals surface area (Å²) in [6.45, 7) is 5.76. The first-order chi connectivity index (χ1) is 8.20. The molecule has 0 bridgehead atoms. The Balaban J connectivity index is 2.00. The van der Waals surface area contributed by atoms with E-state index >= 15 is 0 Å². The molecule has 1 aliphatic carbocycles. The Morgan fingerprint density at radius 1 is 1.41 bits per heavy atom. The van der Waals surface area contributed by atoms with Gasteiger partial charge in [0.15, 0.2) is 0 Å². The Kier molecular flexibility index (Phi) is 3.67. The number of nitrogens with one attached hydrogen (secondary N) is 2. The van der Waals surface area contributed by atoms with Crippen LogP contribution in [0.3, 0.4) is 0 Å². The molecule has 2 N–H and O–H groups in total. The van der Waals surface area contributed by atoms with Gasteiger partial charge in [-0.3, -0.25) is 4.79 Å². The van der Waals surface area contributed by atoms with Crippen LogP contribution in [0.5, 0.6) is 0 Å².